The van der Waals surface area contributed by atoms with E-state index < -0.39 is 0 Å². The molecule has 0 saturated carbocycles. The molecule has 1 N–H and O–H groups in total. The first-order valence-corrected chi connectivity index (χ1v) is 19.9. The molecule has 0 heterocycles. The summed E-state index contributed by atoms with van der Waals surface area (Å²) in [5, 5.41) is 3.20. The second-order valence-electron chi connectivity index (χ2n) is 13.7. The van der Waals surface area contributed by atoms with Crippen LogP contribution in [0.5, 0.6) is 0 Å². The molecule has 0 aromatic rings. The van der Waals surface area contributed by atoms with Gasteiger partial charge in [0.25, 0.3) is 0 Å². The summed E-state index contributed by atoms with van der Waals surface area (Å²) in [6, 6.07) is 0. The zero-order chi connectivity index (χ0) is 35.2. The van der Waals surface area contributed by atoms with Crippen molar-refractivity contribution >= 4 is 23.5 Å². The number of nitrogens with one attached hydrogen (secondary N) is 1. The Bertz CT molecular complexity index is 981. The van der Waals surface area contributed by atoms with Crippen LogP contribution in [-0.4, -0.2) is 43.3 Å². The predicted molar refractivity (Wildman–Crippen MR) is 197 cm³/mol. The number of unbranched alkanes of at least 4 members (excludes halogenated alkanes) is 17. The molecule has 0 aliphatic heterocycles. The summed E-state index contributed by atoms with van der Waals surface area (Å²) in [5.41, 5.74) is 2.08. The van der Waals surface area contributed by atoms with Gasteiger partial charge in [0.15, 0.2) is 5.78 Å². The summed E-state index contributed by atoms with van der Waals surface area (Å²) in [6.45, 7) is 9.64. The SMILES string of the molecule is CCCCCCCCCCCCCC1=C(CCCCC(=O)OCCCCCC)C(=O)C(C)=C(NCCCC(=O)OCCCCCC)C1=O. The van der Waals surface area contributed by atoms with Crippen LogP contribution in [0.15, 0.2) is 22.4 Å². The van der Waals surface area contributed by atoms with Gasteiger partial charge in [0.2, 0.25) is 5.78 Å². The van der Waals surface area contributed by atoms with Crippen molar-refractivity contribution in [3.8, 4) is 0 Å². The smallest absolute Gasteiger partial charge is 0.305 e. The first-order chi connectivity index (χ1) is 23.4. The number of ketones is 2. The van der Waals surface area contributed by atoms with Crippen LogP contribution in [0.25, 0.3) is 0 Å². The summed E-state index contributed by atoms with van der Waals surface area (Å²) >= 11 is 0. The Hall–Kier alpha value is -2.44. The van der Waals surface area contributed by atoms with Crippen molar-refractivity contribution in [1.29, 1.82) is 0 Å². The number of ether oxygens (including phenoxy) is 2. The number of hydrogen-bond acceptors (Lipinski definition) is 7. The van der Waals surface area contributed by atoms with Gasteiger partial charge in [-0.05, 0) is 58.3 Å². The highest BCUT2D eigenvalue weighted by atomic mass is 16.5. The zero-order valence-corrected chi connectivity index (χ0v) is 31.5. The normalized spacial score (nSPS) is 13.4. The van der Waals surface area contributed by atoms with Gasteiger partial charge >= 0.3 is 11.9 Å². The number of esters is 2. The molecule has 0 unspecified atom stereocenters. The third-order valence-electron chi connectivity index (χ3n) is 9.32. The molecule has 276 valence electrons. The quantitative estimate of drug-likeness (QED) is 0.0431. The fraction of sp³-hybridized carbons (Fsp3) is 0.805. The van der Waals surface area contributed by atoms with E-state index in [0.29, 0.717) is 80.7 Å². The van der Waals surface area contributed by atoms with E-state index in [9.17, 15) is 19.2 Å². The van der Waals surface area contributed by atoms with Crippen molar-refractivity contribution in [2.75, 3.05) is 19.8 Å². The first-order valence-electron chi connectivity index (χ1n) is 19.9. The summed E-state index contributed by atoms with van der Waals surface area (Å²) in [7, 11) is 0. The van der Waals surface area contributed by atoms with Gasteiger partial charge in [-0.1, -0.05) is 124 Å². The van der Waals surface area contributed by atoms with Crippen molar-refractivity contribution in [2.24, 2.45) is 0 Å². The maximum absolute atomic E-state index is 13.8. The standard InChI is InChI=1S/C41H71NO6/c1-5-8-11-14-15-16-17-18-19-20-21-27-36-35(28-22-23-29-37(43)47-32-24-12-9-6-2)40(45)34(4)39(41(36)46)42-31-26-30-38(44)48-33-25-13-10-7-3/h42H,5-33H2,1-4H3. The predicted octanol–water partition coefficient (Wildman–Crippen LogP) is 10.6. The fourth-order valence-corrected chi connectivity index (χ4v) is 6.23. The zero-order valence-electron chi connectivity index (χ0n) is 31.5. The molecule has 7 heteroatoms. The second kappa shape index (κ2) is 29.5. The Balaban J connectivity index is 2.66. The van der Waals surface area contributed by atoms with Gasteiger partial charge in [-0.25, -0.2) is 0 Å². The Morgan fingerprint density at radius 1 is 0.500 bits per heavy atom. The lowest BCUT2D eigenvalue weighted by atomic mass is 9.82. The van der Waals surface area contributed by atoms with E-state index in [-0.39, 0.29) is 29.9 Å². The number of Topliss-reactive ketones (excluding diaryl/α,β-unsaturated/α-hetero) is 2. The maximum atomic E-state index is 13.8. The van der Waals surface area contributed by atoms with Gasteiger partial charge in [-0.3, -0.25) is 19.2 Å². The molecule has 0 aromatic heterocycles. The average Bonchev–Trinajstić information content (AvgIpc) is 3.08. The molecule has 0 bridgehead atoms. The second-order valence-corrected chi connectivity index (χ2v) is 13.7. The van der Waals surface area contributed by atoms with Crippen LogP contribution in [0.2, 0.25) is 0 Å². The van der Waals surface area contributed by atoms with Gasteiger partial charge in [0.05, 0.1) is 18.9 Å². The van der Waals surface area contributed by atoms with E-state index in [1.807, 2.05) is 0 Å². The maximum Gasteiger partial charge on any atom is 0.305 e. The van der Waals surface area contributed by atoms with Gasteiger partial charge < -0.3 is 14.8 Å². The molecule has 1 aliphatic rings. The summed E-state index contributed by atoms with van der Waals surface area (Å²) in [4.78, 5) is 51.7. The third kappa shape index (κ3) is 20.2. The molecule has 0 amide bonds. The van der Waals surface area contributed by atoms with Crippen LogP contribution in [-0.2, 0) is 28.7 Å². The monoisotopic (exact) mass is 674 g/mol. The summed E-state index contributed by atoms with van der Waals surface area (Å²) < 4.78 is 10.7. The van der Waals surface area contributed by atoms with Crippen molar-refractivity contribution in [2.45, 2.75) is 195 Å². The topological polar surface area (TPSA) is 98.8 Å². The lowest BCUT2D eigenvalue weighted by Crippen LogP contribution is -2.32. The minimum absolute atomic E-state index is 0.0693. The molecular formula is C41H71NO6. The molecule has 0 saturated heterocycles. The van der Waals surface area contributed by atoms with E-state index in [0.717, 1.165) is 70.6 Å². The van der Waals surface area contributed by atoms with Crippen LogP contribution in [0.4, 0.5) is 0 Å². The number of carbonyl (C=O) groups is 4. The Kier molecular flexibility index (Phi) is 26.8. The Morgan fingerprint density at radius 3 is 1.40 bits per heavy atom. The van der Waals surface area contributed by atoms with E-state index >= 15 is 0 Å². The van der Waals surface area contributed by atoms with Gasteiger partial charge in [-0.15, -0.1) is 0 Å². The van der Waals surface area contributed by atoms with Crippen molar-refractivity contribution in [3.05, 3.63) is 22.4 Å². The lowest BCUT2D eigenvalue weighted by Gasteiger charge is -2.23. The number of allylic oxidation sites excluding steroid dienone is 3. The first kappa shape index (κ1) is 43.6. The van der Waals surface area contributed by atoms with Crippen LogP contribution < -0.4 is 5.32 Å². The minimum Gasteiger partial charge on any atom is -0.466 e. The van der Waals surface area contributed by atoms with Gasteiger partial charge in [0.1, 0.15) is 0 Å². The minimum atomic E-state index is -0.218. The highest BCUT2D eigenvalue weighted by Gasteiger charge is 2.31. The van der Waals surface area contributed by atoms with Crippen molar-refractivity contribution in [3.63, 3.8) is 0 Å². The molecule has 0 fully saturated rings. The number of hydrogen-bond donors (Lipinski definition) is 1. The Labute approximate surface area is 293 Å². The van der Waals surface area contributed by atoms with E-state index in [4.69, 9.17) is 9.47 Å². The molecule has 48 heavy (non-hydrogen) atoms. The van der Waals surface area contributed by atoms with Crippen molar-refractivity contribution in [1.82, 2.24) is 5.32 Å². The largest absolute Gasteiger partial charge is 0.466 e. The number of carbonyl (C=O) groups excluding carboxylic acids is 4. The summed E-state index contributed by atoms with van der Waals surface area (Å²) in [5.74, 6) is -0.556. The Morgan fingerprint density at radius 2 is 0.896 bits per heavy atom. The third-order valence-corrected chi connectivity index (χ3v) is 9.32. The van der Waals surface area contributed by atoms with E-state index in [1.165, 1.54) is 51.4 Å². The lowest BCUT2D eigenvalue weighted by molar-refractivity contribution is -0.144. The molecule has 7 nitrogen and oxygen atoms in total. The average molecular weight is 674 g/mol. The van der Waals surface area contributed by atoms with Gasteiger partial charge in [0, 0.05) is 36.1 Å². The van der Waals surface area contributed by atoms with Crippen LogP contribution in [0.1, 0.15) is 195 Å². The van der Waals surface area contributed by atoms with Crippen molar-refractivity contribution < 1.29 is 28.7 Å². The molecule has 0 atom stereocenters. The summed E-state index contributed by atoms with van der Waals surface area (Å²) in [6.07, 6.45) is 25.5. The molecular weight excluding hydrogens is 602 g/mol. The highest BCUT2D eigenvalue weighted by molar-refractivity contribution is 6.24. The molecule has 1 rings (SSSR count). The molecule has 1 aliphatic carbocycles. The molecule has 0 radical (unpaired) electrons. The molecule has 0 spiro atoms. The van der Waals surface area contributed by atoms with Crippen LogP contribution in [0, 0.1) is 0 Å². The van der Waals surface area contributed by atoms with E-state index in [2.05, 4.69) is 26.1 Å². The van der Waals surface area contributed by atoms with Crippen LogP contribution in [0.3, 0.4) is 0 Å². The van der Waals surface area contributed by atoms with Gasteiger partial charge in [-0.2, -0.15) is 0 Å². The molecule has 0 aromatic carbocycles. The highest BCUT2D eigenvalue weighted by Crippen LogP contribution is 2.30. The number of rotatable bonds is 32. The fourth-order valence-electron chi connectivity index (χ4n) is 6.23. The van der Waals surface area contributed by atoms with E-state index in [1.54, 1.807) is 6.92 Å². The van der Waals surface area contributed by atoms with Crippen LogP contribution >= 0.6 is 0 Å².